The van der Waals surface area contributed by atoms with Gasteiger partial charge in [0.15, 0.2) is 5.96 Å². The summed E-state index contributed by atoms with van der Waals surface area (Å²) in [5, 5.41) is 11.1. The molecule has 0 atom stereocenters. The van der Waals surface area contributed by atoms with Gasteiger partial charge in [-0.2, -0.15) is 5.10 Å². The first-order chi connectivity index (χ1) is 12.4. The molecule has 0 aliphatic heterocycles. The third kappa shape index (κ3) is 6.52. The lowest BCUT2D eigenvalue weighted by Gasteiger charge is -2.29. The third-order valence-corrected chi connectivity index (χ3v) is 4.11. The second-order valence-corrected chi connectivity index (χ2v) is 7.62. The molecule has 1 aromatic carbocycles. The van der Waals surface area contributed by atoms with Crippen LogP contribution in [0.15, 0.2) is 47.7 Å². The number of aliphatic imine (C=N–C) groups is 1. The van der Waals surface area contributed by atoms with Crippen LogP contribution >= 0.6 is 0 Å². The van der Waals surface area contributed by atoms with Crippen molar-refractivity contribution in [1.82, 2.24) is 25.3 Å². The van der Waals surface area contributed by atoms with Crippen LogP contribution < -0.4 is 10.6 Å². The summed E-state index contributed by atoms with van der Waals surface area (Å²) in [5.41, 5.74) is 2.55. The highest BCUT2D eigenvalue weighted by Gasteiger charge is 2.19. The molecule has 26 heavy (non-hydrogen) atoms. The molecule has 6 heteroatoms. The average molecular weight is 357 g/mol. The van der Waals surface area contributed by atoms with Crippen LogP contribution in [0.1, 0.15) is 19.4 Å². The van der Waals surface area contributed by atoms with Crippen molar-refractivity contribution in [2.45, 2.75) is 20.3 Å². The van der Waals surface area contributed by atoms with Gasteiger partial charge >= 0.3 is 0 Å². The van der Waals surface area contributed by atoms with Crippen molar-refractivity contribution in [2.75, 3.05) is 40.8 Å². The fraction of sp³-hybridized carbons (Fsp3) is 0.500. The Balaban J connectivity index is 1.77. The van der Waals surface area contributed by atoms with Gasteiger partial charge in [0.25, 0.3) is 0 Å². The standard InChI is InChI=1S/C20H32N6/c1-20(2,16-25(4)5)15-23-19(21-3)22-13-11-17-7-9-18(10-8-17)26-14-6-12-24-26/h6-10,12,14H,11,13,15-16H2,1-5H3,(H2,21,22,23). The summed E-state index contributed by atoms with van der Waals surface area (Å²) in [5.74, 6) is 0.852. The zero-order valence-corrected chi connectivity index (χ0v) is 16.7. The first-order valence-corrected chi connectivity index (χ1v) is 9.08. The van der Waals surface area contributed by atoms with Crippen molar-refractivity contribution < 1.29 is 0 Å². The van der Waals surface area contributed by atoms with Gasteiger partial charge in [-0.1, -0.05) is 26.0 Å². The zero-order chi connectivity index (χ0) is 19.0. The van der Waals surface area contributed by atoms with E-state index in [9.17, 15) is 0 Å². The molecule has 1 aromatic heterocycles. The van der Waals surface area contributed by atoms with Gasteiger partial charge in [-0.15, -0.1) is 0 Å². The van der Waals surface area contributed by atoms with Crippen molar-refractivity contribution in [3.63, 3.8) is 0 Å². The van der Waals surface area contributed by atoms with Crippen LogP contribution in [0.2, 0.25) is 0 Å². The Morgan fingerprint density at radius 3 is 2.50 bits per heavy atom. The fourth-order valence-corrected chi connectivity index (χ4v) is 3.02. The van der Waals surface area contributed by atoms with Crippen LogP contribution in [-0.2, 0) is 6.42 Å². The summed E-state index contributed by atoms with van der Waals surface area (Å²) in [6, 6.07) is 10.4. The highest BCUT2D eigenvalue weighted by Crippen LogP contribution is 2.14. The summed E-state index contributed by atoms with van der Waals surface area (Å²) < 4.78 is 1.86. The minimum atomic E-state index is 0.184. The van der Waals surface area contributed by atoms with E-state index in [2.05, 4.69) is 77.8 Å². The van der Waals surface area contributed by atoms with E-state index in [0.717, 1.165) is 37.7 Å². The molecule has 0 radical (unpaired) electrons. The molecule has 0 aliphatic carbocycles. The summed E-state index contributed by atoms with van der Waals surface area (Å²) in [6.07, 6.45) is 4.68. The van der Waals surface area contributed by atoms with Crippen LogP contribution in [-0.4, -0.2) is 61.4 Å². The molecule has 2 rings (SSSR count). The number of nitrogens with zero attached hydrogens (tertiary/aromatic N) is 4. The van der Waals surface area contributed by atoms with E-state index in [1.165, 1.54) is 5.56 Å². The highest BCUT2D eigenvalue weighted by atomic mass is 15.3. The molecule has 0 unspecified atom stereocenters. The van der Waals surface area contributed by atoms with E-state index in [-0.39, 0.29) is 5.41 Å². The van der Waals surface area contributed by atoms with Crippen LogP contribution in [0.25, 0.3) is 5.69 Å². The number of hydrogen-bond acceptors (Lipinski definition) is 3. The molecular weight excluding hydrogens is 324 g/mol. The van der Waals surface area contributed by atoms with Crippen molar-refractivity contribution in [2.24, 2.45) is 10.4 Å². The van der Waals surface area contributed by atoms with Gasteiger partial charge in [-0.05, 0) is 49.7 Å². The lowest BCUT2D eigenvalue weighted by molar-refractivity contribution is 0.241. The van der Waals surface area contributed by atoms with Crippen molar-refractivity contribution in [3.05, 3.63) is 48.3 Å². The number of guanidine groups is 1. The number of hydrogen-bond donors (Lipinski definition) is 2. The smallest absolute Gasteiger partial charge is 0.191 e. The quantitative estimate of drug-likeness (QED) is 0.562. The molecule has 1 heterocycles. The van der Waals surface area contributed by atoms with Crippen molar-refractivity contribution in [1.29, 1.82) is 0 Å². The molecule has 0 saturated carbocycles. The first-order valence-electron chi connectivity index (χ1n) is 9.08. The third-order valence-electron chi connectivity index (χ3n) is 4.11. The van der Waals surface area contributed by atoms with Gasteiger partial charge in [0.05, 0.1) is 5.69 Å². The Hall–Kier alpha value is -2.34. The Morgan fingerprint density at radius 2 is 1.92 bits per heavy atom. The maximum Gasteiger partial charge on any atom is 0.191 e. The maximum absolute atomic E-state index is 4.32. The topological polar surface area (TPSA) is 57.5 Å². The molecule has 142 valence electrons. The second-order valence-electron chi connectivity index (χ2n) is 7.62. The van der Waals surface area contributed by atoms with Crippen LogP contribution in [0.4, 0.5) is 0 Å². The lowest BCUT2D eigenvalue weighted by atomic mass is 9.93. The molecule has 0 aliphatic rings. The molecule has 0 fully saturated rings. The lowest BCUT2D eigenvalue weighted by Crippen LogP contribution is -2.45. The summed E-state index contributed by atoms with van der Waals surface area (Å²) in [7, 11) is 6.02. The van der Waals surface area contributed by atoms with Crippen molar-refractivity contribution in [3.8, 4) is 5.69 Å². The van der Waals surface area contributed by atoms with Crippen LogP contribution in [0, 0.1) is 5.41 Å². The Labute approximate surface area is 157 Å². The van der Waals surface area contributed by atoms with E-state index in [1.807, 2.05) is 24.0 Å². The monoisotopic (exact) mass is 356 g/mol. The second kappa shape index (κ2) is 9.38. The SMILES string of the molecule is CN=C(NCCc1ccc(-n2cccn2)cc1)NCC(C)(C)CN(C)C. The highest BCUT2D eigenvalue weighted by molar-refractivity contribution is 5.79. The molecule has 0 spiro atoms. The van der Waals surface area contributed by atoms with E-state index < -0.39 is 0 Å². The minimum Gasteiger partial charge on any atom is -0.356 e. The van der Waals surface area contributed by atoms with Gasteiger partial charge in [0.1, 0.15) is 0 Å². The Morgan fingerprint density at radius 1 is 1.19 bits per heavy atom. The van der Waals surface area contributed by atoms with E-state index >= 15 is 0 Å². The maximum atomic E-state index is 4.32. The normalized spacial score (nSPS) is 12.5. The van der Waals surface area contributed by atoms with Crippen molar-refractivity contribution >= 4 is 5.96 Å². The number of nitrogens with one attached hydrogen (secondary N) is 2. The predicted molar refractivity (Wildman–Crippen MR) is 109 cm³/mol. The summed E-state index contributed by atoms with van der Waals surface area (Å²) in [4.78, 5) is 6.53. The first kappa shape index (κ1) is 20.0. The molecule has 0 amide bonds. The largest absolute Gasteiger partial charge is 0.356 e. The van der Waals surface area contributed by atoms with E-state index in [1.54, 1.807) is 6.20 Å². The summed E-state index contributed by atoms with van der Waals surface area (Å²) in [6.45, 7) is 7.26. The van der Waals surface area contributed by atoms with E-state index in [4.69, 9.17) is 0 Å². The Bertz CT molecular complexity index is 671. The minimum absolute atomic E-state index is 0.184. The van der Waals surface area contributed by atoms with Gasteiger partial charge in [-0.3, -0.25) is 4.99 Å². The van der Waals surface area contributed by atoms with Gasteiger partial charge < -0.3 is 15.5 Å². The predicted octanol–water partition coefficient (Wildman–Crippen LogP) is 2.17. The molecule has 2 N–H and O–H groups in total. The number of rotatable bonds is 8. The average Bonchev–Trinajstić information content (AvgIpc) is 3.12. The van der Waals surface area contributed by atoms with Gasteiger partial charge in [-0.25, -0.2) is 4.68 Å². The number of aromatic nitrogens is 2. The molecular formula is C20H32N6. The molecule has 6 nitrogen and oxygen atoms in total. The van der Waals surface area contributed by atoms with Crippen LogP contribution in [0.3, 0.4) is 0 Å². The zero-order valence-electron chi connectivity index (χ0n) is 16.7. The Kier molecular flexibility index (Phi) is 7.21. The molecule has 0 saturated heterocycles. The fourth-order valence-electron chi connectivity index (χ4n) is 3.02. The van der Waals surface area contributed by atoms with Crippen LogP contribution in [0.5, 0.6) is 0 Å². The summed E-state index contributed by atoms with van der Waals surface area (Å²) >= 11 is 0. The van der Waals surface area contributed by atoms with Gasteiger partial charge in [0, 0.05) is 39.1 Å². The molecule has 0 bridgehead atoms. The van der Waals surface area contributed by atoms with E-state index in [0.29, 0.717) is 0 Å². The molecule has 2 aromatic rings. The number of benzene rings is 1. The van der Waals surface area contributed by atoms with Gasteiger partial charge in [0.2, 0.25) is 0 Å².